The molecule has 4 heteroatoms. The molecule has 1 N–H and O–H groups in total. The fourth-order valence-corrected chi connectivity index (χ4v) is 2.08. The molecule has 0 fully saturated rings. The van der Waals surface area contributed by atoms with Crippen molar-refractivity contribution in [2.24, 2.45) is 0 Å². The first-order valence-electron chi connectivity index (χ1n) is 6.38. The van der Waals surface area contributed by atoms with Crippen molar-refractivity contribution in [1.29, 1.82) is 0 Å². The second kappa shape index (κ2) is 5.90. The summed E-state index contributed by atoms with van der Waals surface area (Å²) in [7, 11) is 1.58. The van der Waals surface area contributed by atoms with E-state index in [4.69, 9.17) is 4.74 Å². The summed E-state index contributed by atoms with van der Waals surface area (Å²) in [6.45, 7) is 3.74. The van der Waals surface area contributed by atoms with Gasteiger partial charge in [0.15, 0.2) is 11.6 Å². The summed E-state index contributed by atoms with van der Waals surface area (Å²) < 4.78 is 32.3. The summed E-state index contributed by atoms with van der Waals surface area (Å²) in [6.07, 6.45) is 0. The summed E-state index contributed by atoms with van der Waals surface area (Å²) in [4.78, 5) is 0. The smallest absolute Gasteiger partial charge is 0.164 e. The molecule has 20 heavy (non-hydrogen) atoms. The van der Waals surface area contributed by atoms with Crippen molar-refractivity contribution in [2.75, 3.05) is 12.4 Å². The molecule has 0 radical (unpaired) electrons. The van der Waals surface area contributed by atoms with Crippen LogP contribution in [0, 0.1) is 18.6 Å². The molecule has 0 heterocycles. The Labute approximate surface area is 117 Å². The third-order valence-electron chi connectivity index (χ3n) is 3.18. The van der Waals surface area contributed by atoms with E-state index < -0.39 is 11.6 Å². The molecule has 2 rings (SSSR count). The average Bonchev–Trinajstić information content (AvgIpc) is 2.43. The van der Waals surface area contributed by atoms with Crippen LogP contribution in [0.2, 0.25) is 0 Å². The Hall–Kier alpha value is -2.10. The number of hydrogen-bond donors (Lipinski definition) is 1. The minimum Gasteiger partial charge on any atom is -0.495 e. The summed E-state index contributed by atoms with van der Waals surface area (Å²) in [5.41, 5.74) is 2.10. The van der Waals surface area contributed by atoms with Crippen molar-refractivity contribution in [3.05, 3.63) is 59.2 Å². The third-order valence-corrected chi connectivity index (χ3v) is 3.18. The summed E-state index contributed by atoms with van der Waals surface area (Å²) in [6, 6.07) is 9.48. The van der Waals surface area contributed by atoms with Crippen LogP contribution < -0.4 is 10.1 Å². The SMILES string of the molecule is COc1cc(C)ccc1NC(C)c1cccc(F)c1F. The quantitative estimate of drug-likeness (QED) is 0.891. The summed E-state index contributed by atoms with van der Waals surface area (Å²) >= 11 is 0. The fourth-order valence-electron chi connectivity index (χ4n) is 2.08. The first-order chi connectivity index (χ1) is 9.52. The van der Waals surface area contributed by atoms with Crippen LogP contribution in [-0.2, 0) is 0 Å². The van der Waals surface area contributed by atoms with Crippen molar-refractivity contribution in [2.45, 2.75) is 19.9 Å². The predicted molar refractivity (Wildman–Crippen MR) is 76.1 cm³/mol. The topological polar surface area (TPSA) is 21.3 Å². The van der Waals surface area contributed by atoms with Crippen molar-refractivity contribution < 1.29 is 13.5 Å². The molecule has 2 aromatic rings. The van der Waals surface area contributed by atoms with Crippen molar-refractivity contribution in [3.8, 4) is 5.75 Å². The van der Waals surface area contributed by atoms with Crippen molar-refractivity contribution in [3.63, 3.8) is 0 Å². The zero-order valence-electron chi connectivity index (χ0n) is 11.7. The van der Waals surface area contributed by atoms with Crippen LogP contribution in [0.4, 0.5) is 14.5 Å². The highest BCUT2D eigenvalue weighted by atomic mass is 19.2. The van der Waals surface area contributed by atoms with E-state index in [2.05, 4.69) is 5.32 Å². The van der Waals surface area contributed by atoms with Crippen LogP contribution in [0.25, 0.3) is 0 Å². The number of ether oxygens (including phenoxy) is 1. The van der Waals surface area contributed by atoms with Gasteiger partial charge in [0.2, 0.25) is 0 Å². The number of anilines is 1. The lowest BCUT2D eigenvalue weighted by Gasteiger charge is -2.19. The van der Waals surface area contributed by atoms with Gasteiger partial charge in [-0.15, -0.1) is 0 Å². The molecular formula is C16H17F2NO. The maximum Gasteiger partial charge on any atom is 0.164 e. The second-order valence-electron chi connectivity index (χ2n) is 4.71. The summed E-state index contributed by atoms with van der Waals surface area (Å²) in [5, 5.41) is 3.14. The normalized spacial score (nSPS) is 12.1. The molecule has 1 unspecified atom stereocenters. The molecule has 0 aliphatic rings. The van der Waals surface area contributed by atoms with Gasteiger partial charge < -0.3 is 10.1 Å². The van der Waals surface area contributed by atoms with E-state index in [-0.39, 0.29) is 11.6 Å². The van der Waals surface area contributed by atoms with Crippen LogP contribution in [0.1, 0.15) is 24.1 Å². The lowest BCUT2D eigenvalue weighted by molar-refractivity contribution is 0.415. The standard InChI is InChI=1S/C16H17F2NO/c1-10-7-8-14(15(9-10)20-3)19-11(2)12-5-4-6-13(17)16(12)18/h4-9,11,19H,1-3H3. The molecule has 2 aromatic carbocycles. The van der Waals surface area contributed by atoms with E-state index >= 15 is 0 Å². The van der Waals surface area contributed by atoms with Crippen molar-refractivity contribution in [1.82, 2.24) is 0 Å². The van der Waals surface area contributed by atoms with E-state index in [9.17, 15) is 8.78 Å². The van der Waals surface area contributed by atoms with Gasteiger partial charge >= 0.3 is 0 Å². The van der Waals surface area contributed by atoms with Gasteiger partial charge in [0.1, 0.15) is 5.75 Å². The lowest BCUT2D eigenvalue weighted by atomic mass is 10.1. The molecular weight excluding hydrogens is 260 g/mol. The van der Waals surface area contributed by atoms with Crippen LogP contribution in [-0.4, -0.2) is 7.11 Å². The number of methoxy groups -OCH3 is 1. The Morgan fingerprint density at radius 2 is 1.90 bits per heavy atom. The highest BCUT2D eigenvalue weighted by molar-refractivity contribution is 5.58. The molecule has 2 nitrogen and oxygen atoms in total. The number of rotatable bonds is 4. The molecule has 0 spiro atoms. The highest BCUT2D eigenvalue weighted by Gasteiger charge is 2.15. The third kappa shape index (κ3) is 2.90. The molecule has 0 saturated carbocycles. The summed E-state index contributed by atoms with van der Waals surface area (Å²) in [5.74, 6) is -0.987. The monoisotopic (exact) mass is 277 g/mol. The number of nitrogens with one attached hydrogen (secondary N) is 1. The van der Waals surface area contributed by atoms with Gasteiger partial charge in [-0.25, -0.2) is 8.78 Å². The molecule has 0 bridgehead atoms. The molecule has 0 saturated heterocycles. The second-order valence-corrected chi connectivity index (χ2v) is 4.71. The minimum atomic E-state index is -0.841. The van der Waals surface area contributed by atoms with Crippen LogP contribution in [0.15, 0.2) is 36.4 Å². The van der Waals surface area contributed by atoms with Gasteiger partial charge in [-0.2, -0.15) is 0 Å². The van der Waals surface area contributed by atoms with Gasteiger partial charge in [0.05, 0.1) is 18.8 Å². The van der Waals surface area contributed by atoms with Crippen molar-refractivity contribution >= 4 is 5.69 Å². The maximum absolute atomic E-state index is 13.8. The fraction of sp³-hybridized carbons (Fsp3) is 0.250. The van der Waals surface area contributed by atoms with Gasteiger partial charge in [0.25, 0.3) is 0 Å². The Balaban J connectivity index is 2.28. The first kappa shape index (κ1) is 14.3. The molecule has 106 valence electrons. The largest absolute Gasteiger partial charge is 0.495 e. The van der Waals surface area contributed by atoms with Gasteiger partial charge in [-0.1, -0.05) is 18.2 Å². The number of aryl methyl sites for hydroxylation is 1. The highest BCUT2D eigenvalue weighted by Crippen LogP contribution is 2.30. The van der Waals surface area contributed by atoms with E-state index in [1.54, 1.807) is 20.1 Å². The maximum atomic E-state index is 13.8. The zero-order chi connectivity index (χ0) is 14.7. The van der Waals surface area contributed by atoms with Gasteiger partial charge in [-0.05, 0) is 37.6 Å². The lowest BCUT2D eigenvalue weighted by Crippen LogP contribution is -2.10. The Morgan fingerprint density at radius 3 is 2.60 bits per heavy atom. The first-order valence-corrected chi connectivity index (χ1v) is 6.38. The van der Waals surface area contributed by atoms with E-state index in [0.29, 0.717) is 5.75 Å². The van der Waals surface area contributed by atoms with Gasteiger partial charge in [0, 0.05) is 5.56 Å². The van der Waals surface area contributed by atoms with E-state index in [1.807, 2.05) is 25.1 Å². The Kier molecular flexibility index (Phi) is 4.23. The number of halogens is 2. The Bertz CT molecular complexity index is 613. The van der Waals surface area contributed by atoms with E-state index in [0.717, 1.165) is 17.3 Å². The molecule has 1 atom stereocenters. The molecule has 0 aliphatic carbocycles. The molecule has 0 aromatic heterocycles. The van der Waals surface area contributed by atoms with Gasteiger partial charge in [-0.3, -0.25) is 0 Å². The minimum absolute atomic E-state index is 0.285. The molecule has 0 aliphatic heterocycles. The van der Waals surface area contributed by atoms with Crippen LogP contribution >= 0.6 is 0 Å². The number of hydrogen-bond acceptors (Lipinski definition) is 2. The van der Waals surface area contributed by atoms with E-state index in [1.165, 1.54) is 6.07 Å². The molecule has 0 amide bonds. The van der Waals surface area contributed by atoms with Crippen LogP contribution in [0.3, 0.4) is 0 Å². The zero-order valence-corrected chi connectivity index (χ0v) is 11.7. The van der Waals surface area contributed by atoms with Crippen LogP contribution in [0.5, 0.6) is 5.75 Å². The predicted octanol–water partition coefficient (Wildman–Crippen LogP) is 4.45. The Morgan fingerprint density at radius 1 is 1.15 bits per heavy atom. The number of benzene rings is 2. The average molecular weight is 277 g/mol.